The van der Waals surface area contributed by atoms with Gasteiger partial charge in [0.1, 0.15) is 17.2 Å². The van der Waals surface area contributed by atoms with E-state index in [-0.39, 0.29) is 12.1 Å². The van der Waals surface area contributed by atoms with Crippen LogP contribution < -0.4 is 0 Å². The molecule has 24 heavy (non-hydrogen) atoms. The maximum Gasteiger partial charge on any atom is 0.135 e. The van der Waals surface area contributed by atoms with Gasteiger partial charge in [0.2, 0.25) is 0 Å². The van der Waals surface area contributed by atoms with Crippen LogP contribution in [-0.4, -0.2) is 14.7 Å². The van der Waals surface area contributed by atoms with Gasteiger partial charge in [-0.25, -0.2) is 13.8 Å². The van der Waals surface area contributed by atoms with Gasteiger partial charge in [-0.15, -0.1) is 0 Å². The first kappa shape index (κ1) is 16.1. The Morgan fingerprint density at radius 1 is 1.17 bits per heavy atom. The Labute approximate surface area is 138 Å². The molecule has 0 saturated heterocycles. The smallest absolute Gasteiger partial charge is 0.135 e. The van der Waals surface area contributed by atoms with Crippen LogP contribution in [0.15, 0.2) is 73.8 Å². The molecule has 0 bridgehead atoms. The molecule has 122 valence electrons. The number of hydrogen-bond acceptors (Lipinski definition) is 2. The van der Waals surface area contributed by atoms with Crippen LogP contribution in [0.25, 0.3) is 5.57 Å². The van der Waals surface area contributed by atoms with E-state index in [1.54, 1.807) is 41.2 Å². The molecule has 3 aromatic rings. The Bertz CT molecular complexity index is 847. The molecule has 3 rings (SSSR count). The lowest BCUT2D eigenvalue weighted by atomic mass is 9.82. The van der Waals surface area contributed by atoms with Crippen LogP contribution in [0.1, 0.15) is 11.1 Å². The third kappa shape index (κ3) is 2.98. The average molecular weight is 326 g/mol. The van der Waals surface area contributed by atoms with Crippen molar-refractivity contribution in [1.82, 2.24) is 9.55 Å². The molecule has 0 fully saturated rings. The quantitative estimate of drug-likeness (QED) is 0.775. The Kier molecular flexibility index (Phi) is 4.27. The van der Waals surface area contributed by atoms with Crippen LogP contribution in [0.3, 0.4) is 0 Å². The normalized spacial score (nSPS) is 13.5. The van der Waals surface area contributed by atoms with Crippen molar-refractivity contribution in [3.8, 4) is 0 Å². The summed E-state index contributed by atoms with van der Waals surface area (Å²) in [4.78, 5) is 3.94. The van der Waals surface area contributed by atoms with Crippen molar-refractivity contribution in [1.29, 1.82) is 0 Å². The molecule has 0 aliphatic rings. The van der Waals surface area contributed by atoms with Crippen LogP contribution in [0.2, 0.25) is 0 Å². The number of aliphatic hydroxyl groups is 1. The molecule has 0 spiro atoms. The number of aromatic nitrogens is 2. The summed E-state index contributed by atoms with van der Waals surface area (Å²) in [5, 5.41) is 11.3. The van der Waals surface area contributed by atoms with Crippen molar-refractivity contribution in [3.63, 3.8) is 0 Å². The van der Waals surface area contributed by atoms with Crippen LogP contribution in [0.4, 0.5) is 8.78 Å². The fraction of sp³-hybridized carbons (Fsp3) is 0.105. The summed E-state index contributed by atoms with van der Waals surface area (Å²) >= 11 is 0. The van der Waals surface area contributed by atoms with Gasteiger partial charge in [-0.3, -0.25) is 0 Å². The zero-order valence-electron chi connectivity index (χ0n) is 12.9. The van der Waals surface area contributed by atoms with E-state index in [0.29, 0.717) is 11.1 Å². The van der Waals surface area contributed by atoms with Gasteiger partial charge >= 0.3 is 0 Å². The zero-order chi connectivity index (χ0) is 17.2. The minimum absolute atomic E-state index is 0.00325. The summed E-state index contributed by atoms with van der Waals surface area (Å²) in [6.45, 7) is 3.98. The first-order valence-corrected chi connectivity index (χ1v) is 7.39. The first-order valence-electron chi connectivity index (χ1n) is 7.39. The largest absolute Gasteiger partial charge is 0.378 e. The third-order valence-electron chi connectivity index (χ3n) is 3.97. The molecule has 1 N–H and O–H groups in total. The molecule has 1 aromatic heterocycles. The Hall–Kier alpha value is -2.79. The molecule has 1 unspecified atom stereocenters. The highest BCUT2D eigenvalue weighted by Crippen LogP contribution is 2.38. The molecule has 0 saturated carbocycles. The second kappa shape index (κ2) is 6.37. The van der Waals surface area contributed by atoms with E-state index in [0.717, 1.165) is 12.1 Å². The molecule has 0 amide bonds. The fourth-order valence-electron chi connectivity index (χ4n) is 2.69. The van der Waals surface area contributed by atoms with Crippen molar-refractivity contribution in [2.75, 3.05) is 0 Å². The molecule has 0 aliphatic heterocycles. The number of hydrogen-bond donors (Lipinski definition) is 1. The summed E-state index contributed by atoms with van der Waals surface area (Å²) < 4.78 is 29.3. The van der Waals surface area contributed by atoms with E-state index >= 15 is 0 Å². The Balaban J connectivity index is 2.11. The van der Waals surface area contributed by atoms with Gasteiger partial charge in [0.25, 0.3) is 0 Å². The third-order valence-corrected chi connectivity index (χ3v) is 3.97. The van der Waals surface area contributed by atoms with E-state index in [1.165, 1.54) is 12.4 Å². The van der Waals surface area contributed by atoms with E-state index in [2.05, 4.69) is 11.6 Å². The van der Waals surface area contributed by atoms with Gasteiger partial charge in [0.15, 0.2) is 0 Å². The lowest BCUT2D eigenvalue weighted by molar-refractivity contribution is 0.0767. The summed E-state index contributed by atoms with van der Waals surface area (Å²) in [5.74, 6) is -1.53. The van der Waals surface area contributed by atoms with Crippen LogP contribution in [0, 0.1) is 11.6 Å². The van der Waals surface area contributed by atoms with E-state index in [9.17, 15) is 13.9 Å². The number of rotatable bonds is 5. The van der Waals surface area contributed by atoms with Crippen molar-refractivity contribution in [2.45, 2.75) is 12.1 Å². The van der Waals surface area contributed by atoms with Gasteiger partial charge in [-0.1, -0.05) is 36.9 Å². The van der Waals surface area contributed by atoms with Crippen LogP contribution in [-0.2, 0) is 12.1 Å². The average Bonchev–Trinajstić information content (AvgIpc) is 3.07. The van der Waals surface area contributed by atoms with Crippen molar-refractivity contribution in [2.24, 2.45) is 0 Å². The van der Waals surface area contributed by atoms with Gasteiger partial charge < -0.3 is 9.67 Å². The molecule has 0 radical (unpaired) electrons. The van der Waals surface area contributed by atoms with Gasteiger partial charge in [0, 0.05) is 24.0 Å². The highest BCUT2D eigenvalue weighted by Gasteiger charge is 2.36. The number of halogens is 2. The van der Waals surface area contributed by atoms with E-state index < -0.39 is 17.2 Å². The standard InChI is InChI=1S/C19H16F2N2O/c1-14(15-5-3-2-4-6-15)19(24,12-23-10-9-22-13-23)17-8-7-16(20)11-18(17)21/h2-11,13,24H,1,12H2. The number of imidazole rings is 1. The first-order chi connectivity index (χ1) is 11.5. The highest BCUT2D eigenvalue weighted by molar-refractivity contribution is 5.72. The zero-order valence-corrected chi connectivity index (χ0v) is 12.9. The Morgan fingerprint density at radius 2 is 1.92 bits per heavy atom. The molecule has 5 heteroatoms. The van der Waals surface area contributed by atoms with E-state index in [1.807, 2.05) is 6.07 Å². The summed E-state index contributed by atoms with van der Waals surface area (Å²) in [6, 6.07) is 12.1. The minimum Gasteiger partial charge on any atom is -0.378 e. The summed E-state index contributed by atoms with van der Waals surface area (Å²) in [5.41, 5.74) is -0.794. The molecule has 0 aliphatic carbocycles. The lowest BCUT2D eigenvalue weighted by Crippen LogP contribution is -2.33. The second-order valence-electron chi connectivity index (χ2n) is 5.56. The SMILES string of the molecule is C=C(c1ccccc1)C(O)(Cn1ccnc1)c1ccc(F)cc1F. The predicted molar refractivity (Wildman–Crippen MR) is 88.0 cm³/mol. The fourth-order valence-corrected chi connectivity index (χ4v) is 2.69. The highest BCUT2D eigenvalue weighted by atomic mass is 19.1. The van der Waals surface area contributed by atoms with Crippen LogP contribution >= 0.6 is 0 Å². The molecule has 1 atom stereocenters. The predicted octanol–water partition coefficient (Wildman–Crippen LogP) is 3.76. The van der Waals surface area contributed by atoms with E-state index in [4.69, 9.17) is 0 Å². The van der Waals surface area contributed by atoms with Gasteiger partial charge in [0.05, 0.1) is 12.9 Å². The maximum absolute atomic E-state index is 14.4. The molecule has 2 aromatic carbocycles. The molecular weight excluding hydrogens is 310 g/mol. The molecular formula is C19H16F2N2O. The molecule has 3 nitrogen and oxygen atoms in total. The second-order valence-corrected chi connectivity index (χ2v) is 5.56. The molecule has 1 heterocycles. The maximum atomic E-state index is 14.4. The summed E-state index contributed by atoms with van der Waals surface area (Å²) in [7, 11) is 0. The van der Waals surface area contributed by atoms with Crippen molar-refractivity contribution >= 4 is 5.57 Å². The van der Waals surface area contributed by atoms with Crippen LogP contribution in [0.5, 0.6) is 0 Å². The number of nitrogens with zero attached hydrogens (tertiary/aromatic N) is 2. The number of benzene rings is 2. The van der Waals surface area contributed by atoms with Gasteiger partial charge in [-0.2, -0.15) is 0 Å². The summed E-state index contributed by atoms with van der Waals surface area (Å²) in [6.07, 6.45) is 4.74. The van der Waals surface area contributed by atoms with Crippen molar-refractivity contribution < 1.29 is 13.9 Å². The monoisotopic (exact) mass is 326 g/mol. The minimum atomic E-state index is -1.75. The van der Waals surface area contributed by atoms with Gasteiger partial charge in [-0.05, 0) is 23.3 Å². The Morgan fingerprint density at radius 3 is 2.54 bits per heavy atom. The topological polar surface area (TPSA) is 38.0 Å². The lowest BCUT2D eigenvalue weighted by Gasteiger charge is -2.32. The van der Waals surface area contributed by atoms with Crippen molar-refractivity contribution in [3.05, 3.63) is 96.6 Å².